The minimum absolute atomic E-state index is 0.159. The highest BCUT2D eigenvalue weighted by molar-refractivity contribution is 5.73. The zero-order valence-corrected chi connectivity index (χ0v) is 20.3. The molecule has 184 valence electrons. The summed E-state index contributed by atoms with van der Waals surface area (Å²) in [6.07, 6.45) is 1.73. The van der Waals surface area contributed by atoms with Crippen molar-refractivity contribution in [2.24, 2.45) is 0 Å². The Morgan fingerprint density at radius 1 is 0.595 bits per heavy atom. The van der Waals surface area contributed by atoms with Crippen LogP contribution < -0.4 is 9.80 Å². The lowest BCUT2D eigenvalue weighted by Crippen LogP contribution is -2.46. The van der Waals surface area contributed by atoms with Gasteiger partial charge in [-0.3, -0.25) is 0 Å². The van der Waals surface area contributed by atoms with E-state index in [9.17, 15) is 10.2 Å². The third-order valence-corrected chi connectivity index (χ3v) is 6.75. The Hall–Kier alpha value is -4.78. The number of piperazine rings is 1. The second-order valence-corrected chi connectivity index (χ2v) is 9.08. The van der Waals surface area contributed by atoms with Crippen LogP contribution in [0.4, 0.5) is 11.4 Å². The smallest absolute Gasteiger partial charge is 0.158 e. The van der Waals surface area contributed by atoms with Gasteiger partial charge in [0.05, 0.1) is 11.4 Å². The summed E-state index contributed by atoms with van der Waals surface area (Å²) in [7, 11) is 0. The van der Waals surface area contributed by atoms with Gasteiger partial charge in [-0.25, -0.2) is 9.67 Å². The summed E-state index contributed by atoms with van der Waals surface area (Å²) in [6.45, 7) is 3.82. The lowest BCUT2D eigenvalue weighted by molar-refractivity contribution is 0.404. The second kappa shape index (κ2) is 9.70. The predicted octanol–water partition coefficient (Wildman–Crippen LogP) is 5.34. The number of hydrogen-bond donors (Lipinski definition) is 2. The number of phenolic OH excluding ortho intramolecular Hbond substituents is 2. The van der Waals surface area contributed by atoms with Crippen LogP contribution in [0.5, 0.6) is 11.5 Å². The van der Waals surface area contributed by atoms with E-state index in [0.717, 1.165) is 48.7 Å². The predicted molar refractivity (Wildman–Crippen MR) is 146 cm³/mol. The fourth-order valence-electron chi connectivity index (χ4n) is 4.79. The second-order valence-electron chi connectivity index (χ2n) is 9.08. The Kier molecular flexibility index (Phi) is 5.94. The summed E-state index contributed by atoms with van der Waals surface area (Å²) in [5, 5.41) is 24.8. The Morgan fingerprint density at radius 3 is 2.05 bits per heavy atom. The van der Waals surface area contributed by atoms with E-state index >= 15 is 0 Å². The molecule has 2 aromatic heterocycles. The molecule has 0 radical (unpaired) electrons. The number of rotatable bonds is 5. The third kappa shape index (κ3) is 4.59. The number of nitrogens with zero attached hydrogens (tertiary/aromatic N) is 5. The molecule has 3 aromatic carbocycles. The first kappa shape index (κ1) is 22.7. The van der Waals surface area contributed by atoms with E-state index in [2.05, 4.69) is 69.4 Å². The lowest BCUT2D eigenvalue weighted by atomic mass is 10.1. The molecule has 0 atom stereocenters. The fourth-order valence-corrected chi connectivity index (χ4v) is 4.79. The Labute approximate surface area is 215 Å². The zero-order valence-electron chi connectivity index (χ0n) is 20.3. The van der Waals surface area contributed by atoms with Crippen molar-refractivity contribution in [2.75, 3.05) is 36.0 Å². The molecule has 3 heterocycles. The molecule has 2 N–H and O–H groups in total. The molecule has 1 fully saturated rings. The highest BCUT2D eigenvalue weighted by atomic mass is 16.3. The van der Waals surface area contributed by atoms with Gasteiger partial charge >= 0.3 is 0 Å². The number of benzene rings is 3. The van der Waals surface area contributed by atoms with E-state index in [0.29, 0.717) is 5.82 Å². The van der Waals surface area contributed by atoms with Crippen LogP contribution in [0.2, 0.25) is 0 Å². The lowest BCUT2D eigenvalue weighted by Gasteiger charge is -2.37. The van der Waals surface area contributed by atoms with Crippen LogP contribution >= 0.6 is 0 Å². The van der Waals surface area contributed by atoms with Crippen LogP contribution in [-0.2, 0) is 0 Å². The molecule has 1 saturated heterocycles. The molecule has 6 rings (SSSR count). The quantitative estimate of drug-likeness (QED) is 0.325. The molecule has 5 aromatic rings. The number of pyridine rings is 1. The topological polar surface area (TPSA) is 77.7 Å². The van der Waals surface area contributed by atoms with E-state index in [1.54, 1.807) is 16.9 Å². The Bertz CT molecular complexity index is 1510. The molecule has 0 aliphatic carbocycles. The van der Waals surface area contributed by atoms with Gasteiger partial charge in [0.25, 0.3) is 0 Å². The highest BCUT2D eigenvalue weighted by Gasteiger charge is 2.19. The number of anilines is 2. The van der Waals surface area contributed by atoms with Crippen LogP contribution in [0.25, 0.3) is 28.3 Å². The number of phenols is 2. The minimum Gasteiger partial charge on any atom is -0.504 e. The SMILES string of the molecule is Oc1ccc(-c2cc(-c3cccc(N4CCN(c5ccccc5)CC4)c3)nn2-c2ccccn2)cc1O. The van der Waals surface area contributed by atoms with Crippen molar-refractivity contribution in [1.29, 1.82) is 0 Å². The van der Waals surface area contributed by atoms with Gasteiger partial charge in [0, 0.05) is 54.9 Å². The van der Waals surface area contributed by atoms with Gasteiger partial charge in [0.2, 0.25) is 0 Å². The normalized spacial score (nSPS) is 13.6. The van der Waals surface area contributed by atoms with E-state index in [4.69, 9.17) is 5.10 Å². The molecule has 1 aliphatic heterocycles. The molecule has 0 saturated carbocycles. The fraction of sp³-hybridized carbons (Fsp3) is 0.133. The zero-order chi connectivity index (χ0) is 25.2. The number of aromatic nitrogens is 3. The summed E-state index contributed by atoms with van der Waals surface area (Å²) < 4.78 is 1.77. The van der Waals surface area contributed by atoms with Gasteiger partial charge in [-0.2, -0.15) is 5.10 Å². The number of aromatic hydroxyl groups is 2. The first-order chi connectivity index (χ1) is 18.2. The summed E-state index contributed by atoms with van der Waals surface area (Å²) in [4.78, 5) is 9.32. The van der Waals surface area contributed by atoms with Crippen molar-refractivity contribution in [3.05, 3.63) is 103 Å². The van der Waals surface area contributed by atoms with Gasteiger partial charge in [-0.1, -0.05) is 36.4 Å². The Morgan fingerprint density at radius 2 is 1.32 bits per heavy atom. The summed E-state index contributed by atoms with van der Waals surface area (Å²) in [5.74, 6) is 0.335. The van der Waals surface area contributed by atoms with Crippen molar-refractivity contribution in [3.8, 4) is 39.8 Å². The molecule has 7 nitrogen and oxygen atoms in total. The summed E-state index contributed by atoms with van der Waals surface area (Å²) in [5.41, 5.74) is 5.74. The number of para-hydroxylation sites is 1. The summed E-state index contributed by atoms with van der Waals surface area (Å²) in [6, 6.07) is 31.5. The van der Waals surface area contributed by atoms with Crippen LogP contribution in [0, 0.1) is 0 Å². The maximum atomic E-state index is 10.1. The van der Waals surface area contributed by atoms with E-state index in [-0.39, 0.29) is 11.5 Å². The first-order valence-electron chi connectivity index (χ1n) is 12.3. The molecular weight excluding hydrogens is 462 g/mol. The first-order valence-corrected chi connectivity index (χ1v) is 12.3. The molecule has 0 amide bonds. The van der Waals surface area contributed by atoms with Gasteiger partial charge in [-0.15, -0.1) is 0 Å². The van der Waals surface area contributed by atoms with Gasteiger partial charge in [-0.05, 0) is 60.7 Å². The summed E-state index contributed by atoms with van der Waals surface area (Å²) >= 11 is 0. The van der Waals surface area contributed by atoms with Crippen molar-refractivity contribution in [3.63, 3.8) is 0 Å². The van der Waals surface area contributed by atoms with E-state index < -0.39 is 0 Å². The molecule has 0 unspecified atom stereocenters. The van der Waals surface area contributed by atoms with Crippen molar-refractivity contribution >= 4 is 11.4 Å². The molecule has 0 spiro atoms. The average molecular weight is 490 g/mol. The molecule has 0 bridgehead atoms. The molecule has 37 heavy (non-hydrogen) atoms. The largest absolute Gasteiger partial charge is 0.504 e. The van der Waals surface area contributed by atoms with Gasteiger partial charge < -0.3 is 20.0 Å². The average Bonchev–Trinajstić information content (AvgIpc) is 3.41. The monoisotopic (exact) mass is 489 g/mol. The van der Waals surface area contributed by atoms with Crippen LogP contribution in [0.15, 0.2) is 103 Å². The maximum Gasteiger partial charge on any atom is 0.158 e. The van der Waals surface area contributed by atoms with Crippen LogP contribution in [0.1, 0.15) is 0 Å². The molecule has 7 heteroatoms. The van der Waals surface area contributed by atoms with E-state index in [1.807, 2.05) is 24.3 Å². The van der Waals surface area contributed by atoms with E-state index in [1.165, 1.54) is 23.5 Å². The standard InChI is InChI=1S/C30H27N5O2/c36-28-13-12-23(20-29(28)37)27-21-26(32-35(27)30-11-4-5-14-31-30)22-7-6-10-25(19-22)34-17-15-33(16-18-34)24-8-2-1-3-9-24/h1-14,19-21,36-37H,15-18H2. The minimum atomic E-state index is -0.176. The maximum absolute atomic E-state index is 10.1. The van der Waals surface area contributed by atoms with Crippen LogP contribution in [0.3, 0.4) is 0 Å². The number of hydrogen-bond acceptors (Lipinski definition) is 6. The van der Waals surface area contributed by atoms with Crippen molar-refractivity contribution in [1.82, 2.24) is 14.8 Å². The van der Waals surface area contributed by atoms with Crippen molar-refractivity contribution < 1.29 is 10.2 Å². The Balaban J connectivity index is 1.31. The molecule has 1 aliphatic rings. The third-order valence-electron chi connectivity index (χ3n) is 6.75. The van der Waals surface area contributed by atoms with Gasteiger partial charge in [0.1, 0.15) is 0 Å². The van der Waals surface area contributed by atoms with Crippen LogP contribution in [-0.4, -0.2) is 51.2 Å². The molecular formula is C30H27N5O2. The highest BCUT2D eigenvalue weighted by Crippen LogP contribution is 2.34. The van der Waals surface area contributed by atoms with Crippen molar-refractivity contribution in [2.45, 2.75) is 0 Å². The van der Waals surface area contributed by atoms with Gasteiger partial charge in [0.15, 0.2) is 17.3 Å².